The number of nitrogens with zero attached hydrogens (tertiary/aromatic N) is 4. The fourth-order valence-corrected chi connectivity index (χ4v) is 1.29. The molecule has 0 saturated heterocycles. The van der Waals surface area contributed by atoms with E-state index in [1.165, 1.54) is 10.4 Å². The molecule has 0 fully saturated rings. The number of hydrogen-bond donors (Lipinski definition) is 0. The van der Waals surface area contributed by atoms with E-state index in [-0.39, 0.29) is 0 Å². The molecule has 0 amide bonds. The lowest BCUT2D eigenvalue weighted by atomic mass is 10.1. The van der Waals surface area contributed by atoms with Crippen molar-refractivity contribution in [2.24, 2.45) is 7.05 Å². The van der Waals surface area contributed by atoms with Crippen LogP contribution in [0.25, 0.3) is 11.4 Å². The van der Waals surface area contributed by atoms with Gasteiger partial charge in [0, 0.05) is 5.56 Å². The topological polar surface area (TPSA) is 43.6 Å². The number of hydrogen-bond acceptors (Lipinski definition) is 3. The molecule has 0 spiro atoms. The second kappa shape index (κ2) is 3.57. The normalized spacial score (nSPS) is 10.4. The molecular weight excluding hydrogens is 176 g/mol. The van der Waals surface area contributed by atoms with Crippen molar-refractivity contribution < 1.29 is 0 Å². The van der Waals surface area contributed by atoms with E-state index in [4.69, 9.17) is 0 Å². The van der Waals surface area contributed by atoms with Gasteiger partial charge in [-0.3, -0.25) is 0 Å². The molecule has 72 valence electrons. The average Bonchev–Trinajstić information content (AvgIpc) is 2.65. The summed E-state index contributed by atoms with van der Waals surface area (Å²) >= 11 is 0. The van der Waals surface area contributed by atoms with Crippen LogP contribution in [0.3, 0.4) is 0 Å². The maximum atomic E-state index is 4.13. The molecule has 1 aromatic heterocycles. The van der Waals surface area contributed by atoms with E-state index in [0.29, 0.717) is 5.82 Å². The van der Waals surface area contributed by atoms with E-state index in [1.807, 2.05) is 12.1 Å². The number of benzene rings is 1. The molecule has 0 N–H and O–H groups in total. The summed E-state index contributed by atoms with van der Waals surface area (Å²) in [5, 5.41) is 11.9. The SMILES string of the molecule is CCc1ccc(-c2nnn(C)n2)cc1. The predicted molar refractivity (Wildman–Crippen MR) is 53.6 cm³/mol. The molecule has 0 aliphatic rings. The second-order valence-corrected chi connectivity index (χ2v) is 3.15. The third-order valence-electron chi connectivity index (χ3n) is 2.13. The highest BCUT2D eigenvalue weighted by molar-refractivity contribution is 5.54. The number of tetrazole rings is 1. The molecule has 14 heavy (non-hydrogen) atoms. The summed E-state index contributed by atoms with van der Waals surface area (Å²) in [5.74, 6) is 0.676. The Balaban J connectivity index is 2.33. The molecule has 0 bridgehead atoms. The monoisotopic (exact) mass is 188 g/mol. The smallest absolute Gasteiger partial charge is 0.167 e. The summed E-state index contributed by atoms with van der Waals surface area (Å²) < 4.78 is 0. The van der Waals surface area contributed by atoms with E-state index in [9.17, 15) is 0 Å². The highest BCUT2D eigenvalue weighted by Crippen LogP contribution is 2.14. The zero-order valence-electron chi connectivity index (χ0n) is 8.31. The Morgan fingerprint density at radius 3 is 2.43 bits per heavy atom. The van der Waals surface area contributed by atoms with Crippen LogP contribution >= 0.6 is 0 Å². The minimum absolute atomic E-state index is 0.676. The largest absolute Gasteiger partial charge is 0.204 e. The van der Waals surface area contributed by atoms with E-state index < -0.39 is 0 Å². The molecule has 0 unspecified atom stereocenters. The van der Waals surface area contributed by atoms with Crippen molar-refractivity contribution in [1.82, 2.24) is 20.2 Å². The molecule has 1 heterocycles. The lowest BCUT2D eigenvalue weighted by Gasteiger charge is -1.97. The first kappa shape index (κ1) is 8.87. The van der Waals surface area contributed by atoms with Crippen LogP contribution in [0.2, 0.25) is 0 Å². The zero-order valence-corrected chi connectivity index (χ0v) is 8.31. The summed E-state index contributed by atoms with van der Waals surface area (Å²) in [6.45, 7) is 2.13. The first-order valence-corrected chi connectivity index (χ1v) is 4.63. The molecule has 0 saturated carbocycles. The van der Waals surface area contributed by atoms with Gasteiger partial charge in [-0.1, -0.05) is 31.2 Å². The van der Waals surface area contributed by atoms with Gasteiger partial charge in [-0.05, 0) is 17.2 Å². The van der Waals surface area contributed by atoms with Crippen molar-refractivity contribution in [2.75, 3.05) is 0 Å². The maximum Gasteiger partial charge on any atom is 0.204 e. The fourth-order valence-electron chi connectivity index (χ4n) is 1.29. The summed E-state index contributed by atoms with van der Waals surface area (Å²) in [6, 6.07) is 8.23. The summed E-state index contributed by atoms with van der Waals surface area (Å²) in [4.78, 5) is 1.46. The van der Waals surface area contributed by atoms with Gasteiger partial charge in [-0.15, -0.1) is 10.2 Å². The Bertz CT molecular complexity index is 416. The Morgan fingerprint density at radius 1 is 1.21 bits per heavy atom. The van der Waals surface area contributed by atoms with Gasteiger partial charge in [0.1, 0.15) is 0 Å². The molecule has 0 aliphatic heterocycles. The van der Waals surface area contributed by atoms with Crippen LogP contribution in [-0.2, 0) is 13.5 Å². The maximum absolute atomic E-state index is 4.13. The van der Waals surface area contributed by atoms with Gasteiger partial charge in [-0.2, -0.15) is 4.80 Å². The summed E-state index contributed by atoms with van der Waals surface area (Å²) in [7, 11) is 1.76. The Labute approximate surface area is 82.6 Å². The predicted octanol–water partition coefficient (Wildman–Crippen LogP) is 1.44. The van der Waals surface area contributed by atoms with Crippen molar-refractivity contribution in [3.8, 4) is 11.4 Å². The minimum atomic E-state index is 0.676. The van der Waals surface area contributed by atoms with Gasteiger partial charge < -0.3 is 0 Å². The average molecular weight is 188 g/mol. The number of aryl methyl sites for hydroxylation is 2. The van der Waals surface area contributed by atoms with E-state index in [0.717, 1.165) is 12.0 Å². The van der Waals surface area contributed by atoms with Gasteiger partial charge >= 0.3 is 0 Å². The highest BCUT2D eigenvalue weighted by atomic mass is 15.6. The zero-order chi connectivity index (χ0) is 9.97. The Kier molecular flexibility index (Phi) is 2.26. The molecular formula is C10H12N4. The summed E-state index contributed by atoms with van der Waals surface area (Å²) in [6.07, 6.45) is 1.05. The second-order valence-electron chi connectivity index (χ2n) is 3.15. The molecule has 0 radical (unpaired) electrons. The van der Waals surface area contributed by atoms with Crippen LogP contribution in [0.5, 0.6) is 0 Å². The number of rotatable bonds is 2. The lowest BCUT2D eigenvalue weighted by molar-refractivity contribution is 0.630. The first-order valence-electron chi connectivity index (χ1n) is 4.63. The van der Waals surface area contributed by atoms with Gasteiger partial charge in [-0.25, -0.2) is 0 Å². The summed E-state index contributed by atoms with van der Waals surface area (Å²) in [5.41, 5.74) is 2.33. The number of aromatic nitrogens is 4. The van der Waals surface area contributed by atoms with Crippen molar-refractivity contribution in [1.29, 1.82) is 0 Å². The first-order chi connectivity index (χ1) is 6.79. The van der Waals surface area contributed by atoms with Crippen molar-refractivity contribution in [3.63, 3.8) is 0 Å². The Hall–Kier alpha value is -1.71. The van der Waals surface area contributed by atoms with Gasteiger partial charge in [0.2, 0.25) is 5.82 Å². The highest BCUT2D eigenvalue weighted by Gasteiger charge is 2.02. The Morgan fingerprint density at radius 2 is 1.93 bits per heavy atom. The van der Waals surface area contributed by atoms with Crippen molar-refractivity contribution >= 4 is 0 Å². The third kappa shape index (κ3) is 1.64. The van der Waals surface area contributed by atoms with Crippen LogP contribution in [0.1, 0.15) is 12.5 Å². The minimum Gasteiger partial charge on any atom is -0.167 e. The third-order valence-corrected chi connectivity index (χ3v) is 2.13. The van der Waals surface area contributed by atoms with Gasteiger partial charge in [0.05, 0.1) is 7.05 Å². The molecule has 4 nitrogen and oxygen atoms in total. The van der Waals surface area contributed by atoms with E-state index >= 15 is 0 Å². The fraction of sp³-hybridized carbons (Fsp3) is 0.300. The molecule has 0 atom stereocenters. The van der Waals surface area contributed by atoms with Crippen LogP contribution in [0.4, 0.5) is 0 Å². The molecule has 4 heteroatoms. The molecule has 0 aliphatic carbocycles. The van der Waals surface area contributed by atoms with Crippen LogP contribution in [0.15, 0.2) is 24.3 Å². The van der Waals surface area contributed by atoms with Gasteiger partial charge in [0.15, 0.2) is 0 Å². The quantitative estimate of drug-likeness (QED) is 0.716. The molecule has 2 aromatic rings. The van der Waals surface area contributed by atoms with Crippen LogP contribution in [-0.4, -0.2) is 20.2 Å². The van der Waals surface area contributed by atoms with E-state index in [2.05, 4.69) is 34.5 Å². The van der Waals surface area contributed by atoms with Crippen molar-refractivity contribution in [2.45, 2.75) is 13.3 Å². The standard InChI is InChI=1S/C10H12N4/c1-3-8-4-6-9(7-5-8)10-11-13-14(2)12-10/h4-7H,3H2,1-2H3. The van der Waals surface area contributed by atoms with Gasteiger partial charge in [0.25, 0.3) is 0 Å². The van der Waals surface area contributed by atoms with Crippen molar-refractivity contribution in [3.05, 3.63) is 29.8 Å². The van der Waals surface area contributed by atoms with Crippen LogP contribution in [0, 0.1) is 0 Å². The molecule has 2 rings (SSSR count). The molecule has 1 aromatic carbocycles. The van der Waals surface area contributed by atoms with Crippen LogP contribution < -0.4 is 0 Å². The van der Waals surface area contributed by atoms with E-state index in [1.54, 1.807) is 7.05 Å². The lowest BCUT2D eigenvalue weighted by Crippen LogP contribution is -1.91.